The number of aromatic nitrogens is 1. The summed E-state index contributed by atoms with van der Waals surface area (Å²) in [5, 5.41) is 0. The highest BCUT2D eigenvalue weighted by molar-refractivity contribution is 9.10. The summed E-state index contributed by atoms with van der Waals surface area (Å²) in [6, 6.07) is 18.5. The molecule has 0 aliphatic carbocycles. The van der Waals surface area contributed by atoms with Crippen molar-refractivity contribution in [3.63, 3.8) is 0 Å². The van der Waals surface area contributed by atoms with Crippen molar-refractivity contribution < 1.29 is 9.47 Å². The van der Waals surface area contributed by atoms with Crippen LogP contribution in [-0.4, -0.2) is 24.8 Å². The Bertz CT molecular complexity index is 843. The molecule has 1 saturated heterocycles. The highest BCUT2D eigenvalue weighted by atomic mass is 79.9. The maximum atomic E-state index is 6.00. The molecular weight excluding hydrogens is 380 g/mol. The zero-order valence-electron chi connectivity index (χ0n) is 13.9. The van der Waals surface area contributed by atoms with Crippen molar-refractivity contribution >= 4 is 21.6 Å². The van der Waals surface area contributed by atoms with Gasteiger partial charge in [0.1, 0.15) is 5.75 Å². The van der Waals surface area contributed by atoms with Crippen LogP contribution in [0.1, 0.15) is 11.8 Å². The minimum absolute atomic E-state index is 0.0647. The smallest absolute Gasteiger partial charge is 0.158 e. The van der Waals surface area contributed by atoms with Crippen molar-refractivity contribution in [1.29, 1.82) is 0 Å². The number of nitrogens with zero attached hydrogens (tertiary/aromatic N) is 2. The molecule has 1 aliphatic heterocycles. The zero-order valence-corrected chi connectivity index (χ0v) is 15.5. The third-order valence-corrected chi connectivity index (χ3v) is 4.95. The molecule has 25 heavy (non-hydrogen) atoms. The fourth-order valence-corrected chi connectivity index (χ4v) is 3.38. The van der Waals surface area contributed by atoms with Crippen molar-refractivity contribution in [2.24, 2.45) is 0 Å². The van der Waals surface area contributed by atoms with E-state index >= 15 is 0 Å². The lowest BCUT2D eigenvalue weighted by Crippen LogP contribution is -2.22. The molecule has 5 heteroatoms. The monoisotopic (exact) mass is 398 g/mol. The lowest BCUT2D eigenvalue weighted by molar-refractivity contribution is 0.114. The Morgan fingerprint density at radius 3 is 2.44 bits per heavy atom. The van der Waals surface area contributed by atoms with Crippen LogP contribution in [0.2, 0.25) is 0 Å². The second-order valence-corrected chi connectivity index (χ2v) is 6.86. The standard InChI is InChI=1S/C20H19BrN2O2/c1-24-19-8-6-18(7-9-19)23-12-13-25-20(23)15-10-11-22(14-15)17-4-2-16(21)3-5-17/h2-11,14,20H,12-13H2,1H3. The number of hydrogen-bond donors (Lipinski definition) is 0. The average Bonchev–Trinajstić information content (AvgIpc) is 3.31. The predicted molar refractivity (Wildman–Crippen MR) is 103 cm³/mol. The molecular formula is C20H19BrN2O2. The van der Waals surface area contributed by atoms with E-state index in [2.05, 4.69) is 68.1 Å². The number of ether oxygens (including phenoxy) is 2. The molecule has 1 aromatic heterocycles. The molecule has 1 fully saturated rings. The van der Waals surface area contributed by atoms with E-state index in [9.17, 15) is 0 Å². The second-order valence-electron chi connectivity index (χ2n) is 5.94. The van der Waals surface area contributed by atoms with Crippen molar-refractivity contribution in [1.82, 2.24) is 4.57 Å². The molecule has 1 atom stereocenters. The Hall–Kier alpha value is -2.24. The predicted octanol–water partition coefficient (Wildman–Crippen LogP) is 4.78. The van der Waals surface area contributed by atoms with Gasteiger partial charge in [-0.2, -0.15) is 0 Å². The van der Waals surface area contributed by atoms with Crippen LogP contribution < -0.4 is 9.64 Å². The van der Waals surface area contributed by atoms with E-state index < -0.39 is 0 Å². The van der Waals surface area contributed by atoms with Gasteiger partial charge in [0, 0.05) is 40.3 Å². The second kappa shape index (κ2) is 6.94. The molecule has 0 saturated carbocycles. The van der Waals surface area contributed by atoms with Crippen LogP contribution in [0.25, 0.3) is 5.69 Å². The lowest BCUT2D eigenvalue weighted by Gasteiger charge is -2.24. The summed E-state index contributed by atoms with van der Waals surface area (Å²) in [6.45, 7) is 1.60. The summed E-state index contributed by atoms with van der Waals surface area (Å²) in [6.07, 6.45) is 4.15. The van der Waals surface area contributed by atoms with Gasteiger partial charge in [0.2, 0.25) is 0 Å². The van der Waals surface area contributed by atoms with E-state index in [0.29, 0.717) is 0 Å². The summed E-state index contributed by atoms with van der Waals surface area (Å²) in [5.74, 6) is 0.863. The average molecular weight is 399 g/mol. The van der Waals surface area contributed by atoms with Gasteiger partial charge in [-0.1, -0.05) is 15.9 Å². The number of hydrogen-bond acceptors (Lipinski definition) is 3. The van der Waals surface area contributed by atoms with Gasteiger partial charge in [-0.05, 0) is 54.6 Å². The first-order valence-corrected chi connectivity index (χ1v) is 9.00. The SMILES string of the molecule is COc1ccc(N2CCOC2c2ccn(-c3ccc(Br)cc3)c2)cc1. The third-order valence-electron chi connectivity index (χ3n) is 4.42. The first-order chi connectivity index (χ1) is 12.2. The zero-order chi connectivity index (χ0) is 17.2. The van der Waals surface area contributed by atoms with Crippen LogP contribution in [-0.2, 0) is 4.74 Å². The molecule has 3 aromatic rings. The molecule has 0 N–H and O–H groups in total. The van der Waals surface area contributed by atoms with Gasteiger partial charge in [-0.3, -0.25) is 0 Å². The fraction of sp³-hybridized carbons (Fsp3) is 0.200. The minimum atomic E-state index is -0.0647. The Labute approximate surface area is 155 Å². The third kappa shape index (κ3) is 3.30. The molecule has 1 aliphatic rings. The quantitative estimate of drug-likeness (QED) is 0.632. The molecule has 4 nitrogen and oxygen atoms in total. The van der Waals surface area contributed by atoms with Crippen LogP contribution in [0.3, 0.4) is 0 Å². The van der Waals surface area contributed by atoms with Gasteiger partial charge in [0.05, 0.1) is 13.7 Å². The Morgan fingerprint density at radius 2 is 1.72 bits per heavy atom. The van der Waals surface area contributed by atoms with Crippen molar-refractivity contribution in [3.8, 4) is 11.4 Å². The van der Waals surface area contributed by atoms with Gasteiger partial charge in [0.15, 0.2) is 6.23 Å². The molecule has 1 unspecified atom stereocenters. The van der Waals surface area contributed by atoms with Gasteiger partial charge >= 0.3 is 0 Å². The summed E-state index contributed by atoms with van der Waals surface area (Å²) in [7, 11) is 1.68. The maximum Gasteiger partial charge on any atom is 0.158 e. The van der Waals surface area contributed by atoms with E-state index in [1.54, 1.807) is 7.11 Å². The molecule has 2 heterocycles. The van der Waals surface area contributed by atoms with E-state index in [-0.39, 0.29) is 6.23 Å². The molecule has 4 rings (SSSR count). The number of anilines is 1. The fourth-order valence-electron chi connectivity index (χ4n) is 3.12. The molecule has 128 valence electrons. The summed E-state index contributed by atoms with van der Waals surface area (Å²) in [4.78, 5) is 2.28. The molecule has 0 radical (unpaired) electrons. The van der Waals surface area contributed by atoms with Gasteiger partial charge in [-0.15, -0.1) is 0 Å². The highest BCUT2D eigenvalue weighted by Crippen LogP contribution is 2.33. The molecule has 2 aromatic carbocycles. The van der Waals surface area contributed by atoms with Gasteiger partial charge < -0.3 is 18.9 Å². The Kier molecular flexibility index (Phi) is 4.51. The Balaban J connectivity index is 1.59. The number of halogens is 1. The van der Waals surface area contributed by atoms with Gasteiger partial charge in [-0.25, -0.2) is 0 Å². The van der Waals surface area contributed by atoms with Crippen LogP contribution in [0.5, 0.6) is 5.75 Å². The topological polar surface area (TPSA) is 26.6 Å². The minimum Gasteiger partial charge on any atom is -0.497 e. The number of rotatable bonds is 4. The van der Waals surface area contributed by atoms with Crippen molar-refractivity contribution in [2.45, 2.75) is 6.23 Å². The van der Waals surface area contributed by atoms with Crippen molar-refractivity contribution in [2.75, 3.05) is 25.2 Å². The summed E-state index contributed by atoms with van der Waals surface area (Å²) in [5.41, 5.74) is 3.42. The van der Waals surface area contributed by atoms with Crippen LogP contribution in [0.15, 0.2) is 71.5 Å². The van der Waals surface area contributed by atoms with Crippen LogP contribution in [0.4, 0.5) is 5.69 Å². The number of benzene rings is 2. The van der Waals surface area contributed by atoms with E-state index in [4.69, 9.17) is 9.47 Å². The largest absolute Gasteiger partial charge is 0.497 e. The molecule has 0 amide bonds. The summed E-state index contributed by atoms with van der Waals surface area (Å²) < 4.78 is 14.5. The van der Waals surface area contributed by atoms with Gasteiger partial charge in [0.25, 0.3) is 0 Å². The molecule has 0 bridgehead atoms. The highest BCUT2D eigenvalue weighted by Gasteiger charge is 2.28. The van der Waals surface area contributed by atoms with Crippen LogP contribution >= 0.6 is 15.9 Å². The van der Waals surface area contributed by atoms with E-state index in [0.717, 1.165) is 40.3 Å². The molecule has 0 spiro atoms. The lowest BCUT2D eigenvalue weighted by atomic mass is 10.2. The first-order valence-electron chi connectivity index (χ1n) is 8.21. The first kappa shape index (κ1) is 16.2. The maximum absolute atomic E-state index is 6.00. The number of methoxy groups -OCH3 is 1. The van der Waals surface area contributed by atoms with Crippen molar-refractivity contribution in [3.05, 3.63) is 77.0 Å². The van der Waals surface area contributed by atoms with E-state index in [1.807, 2.05) is 24.3 Å². The summed E-state index contributed by atoms with van der Waals surface area (Å²) >= 11 is 3.48. The van der Waals surface area contributed by atoms with E-state index in [1.165, 1.54) is 0 Å². The van der Waals surface area contributed by atoms with Crippen LogP contribution in [0, 0.1) is 0 Å². The normalized spacial score (nSPS) is 17.0. The Morgan fingerprint density at radius 1 is 1.00 bits per heavy atom.